The van der Waals surface area contributed by atoms with Gasteiger partial charge in [-0.3, -0.25) is 14.3 Å². The van der Waals surface area contributed by atoms with E-state index < -0.39 is 11.2 Å². The van der Waals surface area contributed by atoms with Gasteiger partial charge in [-0.25, -0.2) is 14.2 Å². The van der Waals surface area contributed by atoms with Crippen LogP contribution in [0.25, 0.3) is 11.2 Å². The summed E-state index contributed by atoms with van der Waals surface area (Å²) in [7, 11) is 0. The van der Waals surface area contributed by atoms with Crippen LogP contribution in [0.2, 0.25) is 0 Å². The number of aromatic amines is 1. The van der Waals surface area contributed by atoms with E-state index in [-0.39, 0.29) is 5.82 Å². The number of benzene rings is 1. The first-order valence-corrected chi connectivity index (χ1v) is 10.7. The summed E-state index contributed by atoms with van der Waals surface area (Å²) in [4.78, 5) is 34.1. The van der Waals surface area contributed by atoms with E-state index in [9.17, 15) is 14.0 Å². The average molecular weight is 413 g/mol. The molecular weight excluding hydrogens is 385 g/mol. The number of rotatable bonds is 6. The number of anilines is 1. The van der Waals surface area contributed by atoms with E-state index in [1.54, 1.807) is 10.6 Å². The Hall–Kier alpha value is -2.90. The number of hydrogen-bond acceptors (Lipinski definition) is 4. The van der Waals surface area contributed by atoms with E-state index in [4.69, 9.17) is 4.98 Å². The Labute approximate surface area is 174 Å². The van der Waals surface area contributed by atoms with Crippen molar-refractivity contribution in [2.75, 3.05) is 11.4 Å². The molecule has 2 aromatic heterocycles. The topological polar surface area (TPSA) is 75.9 Å². The summed E-state index contributed by atoms with van der Waals surface area (Å²) in [6.07, 6.45) is 3.53. The normalized spacial score (nSPS) is 13.8. The van der Waals surface area contributed by atoms with Gasteiger partial charge in [-0.1, -0.05) is 19.4 Å². The molecule has 1 aromatic carbocycles. The summed E-state index contributed by atoms with van der Waals surface area (Å²) in [6.45, 7) is 8.05. The number of unbranched alkanes of at least 4 members (excludes halogenated alkanes) is 1. The second-order valence-corrected chi connectivity index (χ2v) is 7.99. The molecule has 7 nitrogen and oxygen atoms in total. The van der Waals surface area contributed by atoms with Crippen molar-refractivity contribution in [3.05, 3.63) is 55.7 Å². The number of nitrogens with one attached hydrogen (secondary N) is 1. The zero-order chi connectivity index (χ0) is 21.4. The third-order valence-corrected chi connectivity index (χ3v) is 5.83. The van der Waals surface area contributed by atoms with Crippen LogP contribution in [0.4, 0.5) is 10.1 Å². The van der Waals surface area contributed by atoms with E-state index in [1.807, 2.05) is 36.3 Å². The van der Waals surface area contributed by atoms with Gasteiger partial charge in [0.2, 0.25) is 0 Å². The number of aromatic nitrogens is 4. The third-order valence-electron chi connectivity index (χ3n) is 5.83. The van der Waals surface area contributed by atoms with E-state index in [1.165, 1.54) is 0 Å². The fourth-order valence-electron chi connectivity index (χ4n) is 4.45. The molecule has 1 aliphatic rings. The van der Waals surface area contributed by atoms with Gasteiger partial charge >= 0.3 is 5.69 Å². The minimum absolute atomic E-state index is 0.221. The van der Waals surface area contributed by atoms with Crippen molar-refractivity contribution >= 4 is 16.9 Å². The molecule has 0 radical (unpaired) electrons. The summed E-state index contributed by atoms with van der Waals surface area (Å²) in [5.41, 5.74) is 2.51. The Balaban J connectivity index is 1.83. The van der Waals surface area contributed by atoms with Crippen LogP contribution in [0.3, 0.4) is 0 Å². The molecule has 0 aliphatic carbocycles. The quantitative estimate of drug-likeness (QED) is 0.674. The van der Waals surface area contributed by atoms with Crippen LogP contribution < -0.4 is 16.1 Å². The van der Waals surface area contributed by atoms with E-state index >= 15 is 0 Å². The lowest BCUT2D eigenvalue weighted by Crippen LogP contribution is -2.31. The average Bonchev–Trinajstić information content (AvgIpc) is 3.06. The lowest BCUT2D eigenvalue weighted by atomic mass is 9.99. The Morgan fingerprint density at radius 2 is 2.00 bits per heavy atom. The number of imidazole rings is 1. The molecule has 0 fully saturated rings. The Morgan fingerprint density at radius 1 is 1.20 bits per heavy atom. The number of nitrogens with zero attached hydrogens (tertiary/aromatic N) is 4. The van der Waals surface area contributed by atoms with Crippen LogP contribution in [0.1, 0.15) is 50.1 Å². The first-order chi connectivity index (χ1) is 14.4. The van der Waals surface area contributed by atoms with E-state index in [0.29, 0.717) is 42.3 Å². The van der Waals surface area contributed by atoms with Gasteiger partial charge in [-0.15, -0.1) is 0 Å². The predicted molar refractivity (Wildman–Crippen MR) is 116 cm³/mol. The molecule has 0 spiro atoms. The molecule has 0 bridgehead atoms. The summed E-state index contributed by atoms with van der Waals surface area (Å²) < 4.78 is 18.2. The van der Waals surface area contributed by atoms with Crippen LogP contribution in [-0.4, -0.2) is 25.6 Å². The number of halogens is 1. The highest BCUT2D eigenvalue weighted by Gasteiger charge is 2.25. The standard InChI is InChI=1S/C22H28FN5O2/c1-4-6-10-28-20-19(21(29)25-22(28)30)27(5-2)17(24-20)13-26-9-7-8-15-11-14(3)12-16(23)18(15)26/h11-12H,4-10,13H2,1-3H3,(H,25,29,30). The van der Waals surface area contributed by atoms with Crippen LogP contribution in [0.15, 0.2) is 21.7 Å². The van der Waals surface area contributed by atoms with Crippen molar-refractivity contribution in [3.63, 3.8) is 0 Å². The van der Waals surface area contributed by atoms with Crippen LogP contribution in [0, 0.1) is 12.7 Å². The van der Waals surface area contributed by atoms with Gasteiger partial charge in [-0.05, 0) is 50.3 Å². The molecule has 3 aromatic rings. The summed E-state index contributed by atoms with van der Waals surface area (Å²) in [5.74, 6) is 0.447. The SMILES string of the molecule is CCCCn1c(=O)[nH]c(=O)c2c1nc(CN1CCCc3cc(C)cc(F)c31)n2CC. The third kappa shape index (κ3) is 3.44. The molecular formula is C22H28FN5O2. The monoisotopic (exact) mass is 413 g/mol. The molecule has 1 aliphatic heterocycles. The highest BCUT2D eigenvalue weighted by Crippen LogP contribution is 2.32. The summed E-state index contributed by atoms with van der Waals surface area (Å²) in [6, 6.07) is 3.60. The molecule has 160 valence electrons. The van der Waals surface area contributed by atoms with Crippen molar-refractivity contribution in [1.82, 2.24) is 19.1 Å². The highest BCUT2D eigenvalue weighted by atomic mass is 19.1. The molecule has 0 unspecified atom stereocenters. The number of H-pyrrole nitrogens is 1. The van der Waals surface area contributed by atoms with Crippen LogP contribution in [-0.2, 0) is 26.1 Å². The maximum absolute atomic E-state index is 14.8. The minimum atomic E-state index is -0.432. The largest absolute Gasteiger partial charge is 0.361 e. The minimum Gasteiger partial charge on any atom is -0.361 e. The van der Waals surface area contributed by atoms with Gasteiger partial charge in [0, 0.05) is 19.6 Å². The van der Waals surface area contributed by atoms with Crippen LogP contribution >= 0.6 is 0 Å². The van der Waals surface area contributed by atoms with E-state index in [0.717, 1.165) is 43.4 Å². The molecule has 8 heteroatoms. The Bertz CT molecular complexity index is 1210. The zero-order valence-electron chi connectivity index (χ0n) is 17.8. The molecule has 30 heavy (non-hydrogen) atoms. The summed E-state index contributed by atoms with van der Waals surface area (Å²) >= 11 is 0. The lowest BCUT2D eigenvalue weighted by molar-refractivity contribution is 0.583. The highest BCUT2D eigenvalue weighted by molar-refractivity contribution is 5.71. The number of fused-ring (bicyclic) bond motifs is 2. The maximum Gasteiger partial charge on any atom is 0.330 e. The smallest absolute Gasteiger partial charge is 0.330 e. The molecule has 1 N–H and O–H groups in total. The fourth-order valence-corrected chi connectivity index (χ4v) is 4.45. The molecule has 4 rings (SSSR count). The molecule has 3 heterocycles. The molecule has 0 saturated carbocycles. The van der Waals surface area contributed by atoms with Crippen molar-refractivity contribution in [1.29, 1.82) is 0 Å². The van der Waals surface area contributed by atoms with Gasteiger partial charge in [0.1, 0.15) is 11.6 Å². The second-order valence-electron chi connectivity index (χ2n) is 7.99. The Kier molecular flexibility index (Phi) is 5.49. The van der Waals surface area contributed by atoms with Crippen LogP contribution in [0.5, 0.6) is 0 Å². The number of aryl methyl sites for hydroxylation is 4. The van der Waals surface area contributed by atoms with E-state index in [2.05, 4.69) is 4.98 Å². The molecule has 0 atom stereocenters. The maximum atomic E-state index is 14.8. The van der Waals surface area contributed by atoms with Gasteiger partial charge in [0.15, 0.2) is 11.2 Å². The fraction of sp³-hybridized carbons (Fsp3) is 0.500. The first-order valence-electron chi connectivity index (χ1n) is 10.7. The lowest BCUT2D eigenvalue weighted by Gasteiger charge is -2.31. The second kappa shape index (κ2) is 8.08. The summed E-state index contributed by atoms with van der Waals surface area (Å²) in [5, 5.41) is 0. The molecule has 0 saturated heterocycles. The van der Waals surface area contributed by atoms with Gasteiger partial charge < -0.3 is 9.47 Å². The van der Waals surface area contributed by atoms with Gasteiger partial charge in [-0.2, -0.15) is 0 Å². The van der Waals surface area contributed by atoms with Gasteiger partial charge in [0.05, 0.1) is 12.2 Å². The predicted octanol–water partition coefficient (Wildman–Crippen LogP) is 3.11. The van der Waals surface area contributed by atoms with Gasteiger partial charge in [0.25, 0.3) is 5.56 Å². The number of hydrogen-bond donors (Lipinski definition) is 1. The zero-order valence-corrected chi connectivity index (χ0v) is 17.8. The van der Waals surface area contributed by atoms with Crippen molar-refractivity contribution < 1.29 is 4.39 Å². The van der Waals surface area contributed by atoms with Crippen molar-refractivity contribution in [2.45, 2.75) is 66.1 Å². The van der Waals surface area contributed by atoms with Crippen molar-refractivity contribution in [2.24, 2.45) is 0 Å². The molecule has 0 amide bonds. The Morgan fingerprint density at radius 3 is 2.73 bits per heavy atom. The van der Waals surface area contributed by atoms with Crippen molar-refractivity contribution in [3.8, 4) is 0 Å². The first kappa shape index (κ1) is 20.4.